The van der Waals surface area contributed by atoms with Crippen molar-refractivity contribution in [2.75, 3.05) is 6.54 Å². The second kappa shape index (κ2) is 6.78. The smallest absolute Gasteiger partial charge is 0.414 e. The molecule has 0 saturated carbocycles. The Morgan fingerprint density at radius 1 is 1.37 bits per heavy atom. The normalized spacial score (nSPS) is 12.3. The van der Waals surface area contributed by atoms with Crippen LogP contribution in [-0.4, -0.2) is 39.4 Å². The number of carboxylic acids is 2. The van der Waals surface area contributed by atoms with E-state index in [0.29, 0.717) is 0 Å². The summed E-state index contributed by atoms with van der Waals surface area (Å²) in [6, 6.07) is 3.01. The van der Waals surface area contributed by atoms with Gasteiger partial charge in [-0.05, 0) is 12.1 Å². The van der Waals surface area contributed by atoms with E-state index in [1.165, 1.54) is 10.6 Å². The second-order valence-electron chi connectivity index (χ2n) is 3.48. The lowest BCUT2D eigenvalue weighted by molar-refractivity contribution is -0.159. The molecule has 0 aliphatic rings. The monoisotopic (exact) mass is 282 g/mol. The Morgan fingerprint density at radius 2 is 1.84 bits per heavy atom. The third-order valence-corrected chi connectivity index (χ3v) is 2.15. The van der Waals surface area contributed by atoms with Crippen LogP contribution >= 0.6 is 0 Å². The van der Waals surface area contributed by atoms with Crippen LogP contribution in [-0.2, 0) is 16.6 Å². The molecule has 9 heteroatoms. The maximum absolute atomic E-state index is 12.4. The van der Waals surface area contributed by atoms with Gasteiger partial charge in [0, 0.05) is 25.5 Å². The van der Waals surface area contributed by atoms with Crippen molar-refractivity contribution in [3.63, 3.8) is 0 Å². The lowest BCUT2D eigenvalue weighted by atomic mass is 10.1. The summed E-state index contributed by atoms with van der Waals surface area (Å²) < 4.78 is 38.5. The van der Waals surface area contributed by atoms with Crippen LogP contribution in [0, 0.1) is 0 Å². The van der Waals surface area contributed by atoms with Gasteiger partial charge in [0.05, 0.1) is 0 Å². The van der Waals surface area contributed by atoms with E-state index < -0.39 is 30.6 Å². The predicted molar refractivity (Wildman–Crippen MR) is 58.5 cm³/mol. The molecule has 0 radical (unpaired) electrons. The summed E-state index contributed by atoms with van der Waals surface area (Å²) in [5, 5.41) is 14.8. The van der Waals surface area contributed by atoms with Crippen LogP contribution in [0.25, 0.3) is 0 Å². The number of nitrogens with zero attached hydrogens (tertiary/aromatic N) is 1. The molecule has 1 heterocycles. The largest absolute Gasteiger partial charge is 0.473 e. The average Bonchev–Trinajstić information content (AvgIpc) is 2.64. The zero-order valence-electron chi connectivity index (χ0n) is 9.89. The highest BCUT2D eigenvalue weighted by Gasteiger charge is 2.40. The van der Waals surface area contributed by atoms with E-state index in [2.05, 4.69) is 0 Å². The first kappa shape index (κ1) is 17.0. The number of aliphatic carboxylic acids is 2. The summed E-state index contributed by atoms with van der Waals surface area (Å²) in [4.78, 5) is 18.2. The van der Waals surface area contributed by atoms with E-state index >= 15 is 0 Å². The first-order valence-corrected chi connectivity index (χ1v) is 4.95. The molecule has 0 saturated heterocycles. The number of halogens is 3. The number of alkyl halides is 3. The average molecular weight is 282 g/mol. The summed E-state index contributed by atoms with van der Waals surface area (Å²) in [7, 11) is 1.57. The fraction of sp³-hybridized carbons (Fsp3) is 0.400. The number of carbonyl (C=O) groups is 2. The van der Waals surface area contributed by atoms with E-state index in [9.17, 15) is 13.2 Å². The number of rotatable bonds is 2. The van der Waals surface area contributed by atoms with Crippen molar-refractivity contribution in [2.24, 2.45) is 12.8 Å². The van der Waals surface area contributed by atoms with Crippen molar-refractivity contribution in [1.82, 2.24) is 4.57 Å². The molecular weight excluding hydrogens is 269 g/mol. The van der Waals surface area contributed by atoms with Gasteiger partial charge in [0.25, 0.3) is 0 Å². The maximum atomic E-state index is 12.4. The molecule has 0 amide bonds. The Balaban J connectivity index is 0.000000459. The van der Waals surface area contributed by atoms with Crippen molar-refractivity contribution < 1.29 is 33.0 Å². The zero-order valence-corrected chi connectivity index (χ0v) is 9.89. The van der Waals surface area contributed by atoms with Crippen LogP contribution in [0.2, 0.25) is 0 Å². The molecule has 6 nitrogen and oxygen atoms in total. The molecule has 4 N–H and O–H groups in total. The van der Waals surface area contributed by atoms with E-state index in [4.69, 9.17) is 25.5 Å². The minimum atomic E-state index is -4.26. The molecule has 0 aliphatic heterocycles. The SMILES string of the molecule is Cn1cccc1C(CN)C(F)(F)F.O=C(O)C(=O)O. The Morgan fingerprint density at radius 3 is 2.05 bits per heavy atom. The molecule has 108 valence electrons. The Hall–Kier alpha value is -2.03. The van der Waals surface area contributed by atoms with Crippen LogP contribution in [0.5, 0.6) is 0 Å². The lowest BCUT2D eigenvalue weighted by Gasteiger charge is -2.19. The Kier molecular flexibility index (Phi) is 6.06. The molecule has 0 bridgehead atoms. The van der Waals surface area contributed by atoms with E-state index in [1.54, 1.807) is 19.3 Å². The third-order valence-electron chi connectivity index (χ3n) is 2.15. The Bertz CT molecular complexity index is 430. The van der Waals surface area contributed by atoms with Crippen LogP contribution < -0.4 is 5.73 Å². The number of carboxylic acid groups (broad SMARTS) is 2. The van der Waals surface area contributed by atoms with Crippen LogP contribution in [0.3, 0.4) is 0 Å². The molecule has 1 rings (SSSR count). The molecular formula is C10H13F3N2O4. The van der Waals surface area contributed by atoms with Gasteiger partial charge >= 0.3 is 18.1 Å². The zero-order chi connectivity index (χ0) is 15.2. The molecule has 1 atom stereocenters. The van der Waals surface area contributed by atoms with E-state index in [1.807, 2.05) is 0 Å². The number of aryl methyl sites for hydroxylation is 1. The maximum Gasteiger partial charge on any atom is 0.414 e. The summed E-state index contributed by atoms with van der Waals surface area (Å²) in [6.07, 6.45) is -2.69. The summed E-state index contributed by atoms with van der Waals surface area (Å²) in [5.41, 5.74) is 5.29. The van der Waals surface area contributed by atoms with Gasteiger partial charge in [-0.25, -0.2) is 9.59 Å². The van der Waals surface area contributed by atoms with E-state index in [0.717, 1.165) is 0 Å². The highest BCUT2D eigenvalue weighted by molar-refractivity contribution is 6.27. The predicted octanol–water partition coefficient (Wildman–Crippen LogP) is 0.785. The minimum Gasteiger partial charge on any atom is -0.473 e. The summed E-state index contributed by atoms with van der Waals surface area (Å²) in [6.45, 7) is -0.415. The first-order valence-electron chi connectivity index (χ1n) is 4.95. The van der Waals surface area contributed by atoms with Gasteiger partial charge in [0.1, 0.15) is 5.92 Å². The van der Waals surface area contributed by atoms with Crippen molar-refractivity contribution in [3.05, 3.63) is 24.0 Å². The van der Waals surface area contributed by atoms with Gasteiger partial charge in [-0.3, -0.25) is 0 Å². The highest BCUT2D eigenvalue weighted by Crippen LogP contribution is 2.33. The molecule has 1 aromatic heterocycles. The van der Waals surface area contributed by atoms with Crippen molar-refractivity contribution in [3.8, 4) is 0 Å². The number of nitrogens with two attached hydrogens (primary N) is 1. The number of aromatic nitrogens is 1. The van der Waals surface area contributed by atoms with Crippen LogP contribution in [0.1, 0.15) is 11.6 Å². The summed E-state index contributed by atoms with van der Waals surface area (Å²) in [5.74, 6) is -5.21. The van der Waals surface area contributed by atoms with Crippen LogP contribution in [0.15, 0.2) is 18.3 Å². The molecule has 0 fully saturated rings. The number of hydrogen-bond donors (Lipinski definition) is 3. The molecule has 0 aromatic carbocycles. The minimum absolute atomic E-state index is 0.204. The Labute approximate surface area is 106 Å². The van der Waals surface area contributed by atoms with Gasteiger partial charge in [-0.15, -0.1) is 0 Å². The molecule has 0 aliphatic carbocycles. The van der Waals surface area contributed by atoms with Crippen LogP contribution in [0.4, 0.5) is 13.2 Å². The quantitative estimate of drug-likeness (QED) is 0.695. The van der Waals surface area contributed by atoms with Crippen molar-refractivity contribution in [1.29, 1.82) is 0 Å². The van der Waals surface area contributed by atoms with Gasteiger partial charge in [-0.2, -0.15) is 13.2 Å². The van der Waals surface area contributed by atoms with E-state index in [-0.39, 0.29) is 5.69 Å². The highest BCUT2D eigenvalue weighted by atomic mass is 19.4. The first-order chi connectivity index (χ1) is 8.61. The van der Waals surface area contributed by atoms with Crippen molar-refractivity contribution in [2.45, 2.75) is 12.1 Å². The lowest BCUT2D eigenvalue weighted by Crippen LogP contribution is -2.29. The number of hydrogen-bond acceptors (Lipinski definition) is 3. The summed E-state index contributed by atoms with van der Waals surface area (Å²) >= 11 is 0. The fourth-order valence-corrected chi connectivity index (χ4v) is 1.26. The van der Waals surface area contributed by atoms with Gasteiger partial charge in [-0.1, -0.05) is 0 Å². The topological polar surface area (TPSA) is 106 Å². The van der Waals surface area contributed by atoms with Gasteiger partial charge in [0.2, 0.25) is 0 Å². The molecule has 0 spiro atoms. The fourth-order valence-electron chi connectivity index (χ4n) is 1.26. The van der Waals surface area contributed by atoms with Crippen molar-refractivity contribution >= 4 is 11.9 Å². The standard InChI is InChI=1S/C8H11F3N2.C2H2O4/c1-13-4-2-3-7(13)6(5-12)8(9,10)11;3-1(4)2(5)6/h2-4,6H,5,12H2,1H3;(H,3,4)(H,5,6). The van der Waals surface area contributed by atoms with Gasteiger partial charge < -0.3 is 20.5 Å². The van der Waals surface area contributed by atoms with Gasteiger partial charge in [0.15, 0.2) is 0 Å². The molecule has 1 unspecified atom stereocenters. The second-order valence-corrected chi connectivity index (χ2v) is 3.48. The third kappa shape index (κ3) is 5.42. The molecule has 19 heavy (non-hydrogen) atoms. The molecule has 1 aromatic rings.